The third-order valence-electron chi connectivity index (χ3n) is 4.11. The summed E-state index contributed by atoms with van der Waals surface area (Å²) < 4.78 is 0. The number of hydrogen-bond donors (Lipinski definition) is 1. The van der Waals surface area contributed by atoms with Crippen LogP contribution in [0.4, 0.5) is 0 Å². The predicted octanol–water partition coefficient (Wildman–Crippen LogP) is 3.95. The van der Waals surface area contributed by atoms with Crippen LogP contribution in [-0.2, 0) is 11.3 Å². The van der Waals surface area contributed by atoms with E-state index < -0.39 is 23.8 Å². The van der Waals surface area contributed by atoms with E-state index in [9.17, 15) is 14.4 Å². The van der Waals surface area contributed by atoms with Gasteiger partial charge in [-0.05, 0) is 36.8 Å². The van der Waals surface area contributed by atoms with E-state index >= 15 is 0 Å². The summed E-state index contributed by atoms with van der Waals surface area (Å²) in [4.78, 5) is 38.4. The molecule has 0 spiro atoms. The number of carbonyl (C=O) groups excluding carboxylic acids is 3. The summed E-state index contributed by atoms with van der Waals surface area (Å²) in [5, 5.41) is 3.65. The molecule has 134 valence electrons. The molecule has 0 radical (unpaired) electrons. The highest BCUT2D eigenvalue weighted by atomic mass is 35.5. The first kappa shape index (κ1) is 18.7. The number of fused-ring (bicyclic) bond motifs is 1. The van der Waals surface area contributed by atoms with Crippen molar-refractivity contribution in [3.63, 3.8) is 0 Å². The zero-order valence-electron chi connectivity index (χ0n) is 13.6. The van der Waals surface area contributed by atoms with E-state index in [1.807, 2.05) is 0 Å². The summed E-state index contributed by atoms with van der Waals surface area (Å²) in [6.07, 6.45) is 0. The summed E-state index contributed by atoms with van der Waals surface area (Å²) in [5.41, 5.74) is 1.12. The Morgan fingerprint density at radius 1 is 1.00 bits per heavy atom. The first-order chi connectivity index (χ1) is 12.3. The molecule has 0 saturated heterocycles. The van der Waals surface area contributed by atoms with Crippen molar-refractivity contribution >= 4 is 52.5 Å². The van der Waals surface area contributed by atoms with Crippen molar-refractivity contribution in [2.45, 2.75) is 19.5 Å². The maximum absolute atomic E-state index is 12.5. The Bertz CT molecular complexity index is 872. The fourth-order valence-corrected chi connectivity index (χ4v) is 3.11. The summed E-state index contributed by atoms with van der Waals surface area (Å²) in [7, 11) is 0. The van der Waals surface area contributed by atoms with Crippen LogP contribution >= 0.6 is 34.8 Å². The number of benzene rings is 2. The number of hydrogen-bond acceptors (Lipinski definition) is 3. The molecule has 0 saturated carbocycles. The molecule has 1 heterocycles. The van der Waals surface area contributed by atoms with Gasteiger partial charge in [-0.3, -0.25) is 19.3 Å². The van der Waals surface area contributed by atoms with Crippen LogP contribution in [0.25, 0.3) is 0 Å². The van der Waals surface area contributed by atoms with Gasteiger partial charge in [-0.2, -0.15) is 0 Å². The van der Waals surface area contributed by atoms with E-state index in [0.717, 1.165) is 10.5 Å². The minimum absolute atomic E-state index is 0.141. The molecule has 3 amide bonds. The number of nitrogens with one attached hydrogen (secondary N) is 1. The molecule has 1 aliphatic rings. The van der Waals surface area contributed by atoms with Gasteiger partial charge in [-0.1, -0.05) is 46.9 Å². The van der Waals surface area contributed by atoms with Crippen LogP contribution in [0.15, 0.2) is 36.4 Å². The van der Waals surface area contributed by atoms with Gasteiger partial charge in [0.1, 0.15) is 6.04 Å². The molecule has 2 aromatic carbocycles. The maximum atomic E-state index is 12.5. The van der Waals surface area contributed by atoms with Crippen LogP contribution in [0.3, 0.4) is 0 Å². The van der Waals surface area contributed by atoms with Crippen LogP contribution in [0.1, 0.15) is 33.2 Å². The van der Waals surface area contributed by atoms with E-state index in [1.54, 1.807) is 24.3 Å². The number of carbonyl (C=O) groups is 3. The number of nitrogens with zero attached hydrogens (tertiary/aromatic N) is 1. The summed E-state index contributed by atoms with van der Waals surface area (Å²) in [6, 6.07) is 8.69. The molecule has 2 aromatic rings. The summed E-state index contributed by atoms with van der Waals surface area (Å²) in [5.74, 6) is -1.60. The Morgan fingerprint density at radius 2 is 1.50 bits per heavy atom. The number of rotatable bonds is 4. The molecular formula is C18H13Cl3N2O3. The summed E-state index contributed by atoms with van der Waals surface area (Å²) >= 11 is 17.7. The second-order valence-electron chi connectivity index (χ2n) is 5.81. The fourth-order valence-electron chi connectivity index (χ4n) is 2.66. The highest BCUT2D eigenvalue weighted by molar-refractivity contribution is 6.43. The first-order valence-electron chi connectivity index (χ1n) is 7.68. The predicted molar refractivity (Wildman–Crippen MR) is 99.7 cm³/mol. The average molecular weight is 412 g/mol. The van der Waals surface area contributed by atoms with Gasteiger partial charge in [0.05, 0.1) is 21.2 Å². The van der Waals surface area contributed by atoms with Gasteiger partial charge in [-0.25, -0.2) is 0 Å². The van der Waals surface area contributed by atoms with Crippen molar-refractivity contribution in [3.8, 4) is 0 Å². The Hall–Kier alpha value is -2.08. The Kier molecular flexibility index (Phi) is 5.23. The summed E-state index contributed by atoms with van der Waals surface area (Å²) in [6.45, 7) is 1.74. The fraction of sp³-hybridized carbons (Fsp3) is 0.167. The van der Waals surface area contributed by atoms with Gasteiger partial charge in [-0.15, -0.1) is 0 Å². The molecule has 0 fully saturated rings. The monoisotopic (exact) mass is 410 g/mol. The van der Waals surface area contributed by atoms with E-state index in [4.69, 9.17) is 34.8 Å². The van der Waals surface area contributed by atoms with Gasteiger partial charge < -0.3 is 5.32 Å². The first-order valence-corrected chi connectivity index (χ1v) is 8.82. The molecular weight excluding hydrogens is 399 g/mol. The van der Waals surface area contributed by atoms with E-state index in [2.05, 4.69) is 5.32 Å². The lowest BCUT2D eigenvalue weighted by atomic mass is 10.1. The van der Waals surface area contributed by atoms with Gasteiger partial charge >= 0.3 is 0 Å². The normalized spacial score (nSPS) is 14.4. The zero-order chi connectivity index (χ0) is 19.0. The van der Waals surface area contributed by atoms with Gasteiger partial charge in [0, 0.05) is 11.6 Å². The van der Waals surface area contributed by atoms with Crippen LogP contribution in [0.5, 0.6) is 0 Å². The van der Waals surface area contributed by atoms with E-state index in [-0.39, 0.29) is 27.7 Å². The SMILES string of the molecule is CC(C(=O)NCc1ccc(Cl)cc1)N1C(=O)c2cc(Cl)c(Cl)cc2C1=O. The molecule has 5 nitrogen and oxygen atoms in total. The minimum atomic E-state index is -0.979. The Balaban J connectivity index is 1.74. The molecule has 1 atom stereocenters. The van der Waals surface area contributed by atoms with Gasteiger partial charge in [0.15, 0.2) is 0 Å². The van der Waals surface area contributed by atoms with Crippen LogP contribution < -0.4 is 5.32 Å². The number of amides is 3. The van der Waals surface area contributed by atoms with Crippen molar-refractivity contribution in [3.05, 3.63) is 68.2 Å². The van der Waals surface area contributed by atoms with Crippen molar-refractivity contribution in [2.75, 3.05) is 0 Å². The van der Waals surface area contributed by atoms with Crippen LogP contribution in [0, 0.1) is 0 Å². The zero-order valence-corrected chi connectivity index (χ0v) is 15.8. The molecule has 0 aliphatic carbocycles. The topological polar surface area (TPSA) is 66.5 Å². The standard InChI is InChI=1S/C18H13Cl3N2O3/c1-9(16(24)22-8-10-2-4-11(19)5-3-10)23-17(25)12-6-14(20)15(21)7-13(12)18(23)26/h2-7,9H,8H2,1H3,(H,22,24). The van der Waals surface area contributed by atoms with Crippen LogP contribution in [-0.4, -0.2) is 28.7 Å². The third-order valence-corrected chi connectivity index (χ3v) is 5.08. The van der Waals surface area contributed by atoms with Crippen molar-refractivity contribution in [1.82, 2.24) is 10.2 Å². The molecule has 8 heteroatoms. The molecule has 1 unspecified atom stereocenters. The molecule has 1 aliphatic heterocycles. The number of imide groups is 1. The van der Waals surface area contributed by atoms with Crippen molar-refractivity contribution < 1.29 is 14.4 Å². The molecule has 1 N–H and O–H groups in total. The second-order valence-corrected chi connectivity index (χ2v) is 7.06. The molecule has 0 aromatic heterocycles. The maximum Gasteiger partial charge on any atom is 0.262 e. The Labute approximate surface area is 164 Å². The lowest BCUT2D eigenvalue weighted by Gasteiger charge is -2.21. The molecule has 0 bridgehead atoms. The largest absolute Gasteiger partial charge is 0.350 e. The lowest BCUT2D eigenvalue weighted by Crippen LogP contribution is -2.47. The molecule has 3 rings (SSSR count). The number of halogens is 3. The Morgan fingerprint density at radius 3 is 2.00 bits per heavy atom. The second kappa shape index (κ2) is 7.27. The van der Waals surface area contributed by atoms with E-state index in [0.29, 0.717) is 5.02 Å². The minimum Gasteiger partial charge on any atom is -0.350 e. The highest BCUT2D eigenvalue weighted by Gasteiger charge is 2.41. The van der Waals surface area contributed by atoms with E-state index in [1.165, 1.54) is 19.1 Å². The lowest BCUT2D eigenvalue weighted by molar-refractivity contribution is -0.124. The smallest absolute Gasteiger partial charge is 0.262 e. The third kappa shape index (κ3) is 3.43. The molecule has 26 heavy (non-hydrogen) atoms. The van der Waals surface area contributed by atoms with Crippen LogP contribution in [0.2, 0.25) is 15.1 Å². The van der Waals surface area contributed by atoms with Gasteiger partial charge in [0.2, 0.25) is 5.91 Å². The van der Waals surface area contributed by atoms with Crippen molar-refractivity contribution in [2.24, 2.45) is 0 Å². The van der Waals surface area contributed by atoms with Crippen molar-refractivity contribution in [1.29, 1.82) is 0 Å². The van der Waals surface area contributed by atoms with Gasteiger partial charge in [0.25, 0.3) is 11.8 Å². The average Bonchev–Trinajstić information content (AvgIpc) is 2.84. The highest BCUT2D eigenvalue weighted by Crippen LogP contribution is 2.32. The quantitative estimate of drug-likeness (QED) is 0.775.